The van der Waals surface area contributed by atoms with E-state index < -0.39 is 11.6 Å². The number of aliphatic hydroxyl groups is 1. The van der Waals surface area contributed by atoms with Crippen LogP contribution in [0.5, 0.6) is 0 Å². The van der Waals surface area contributed by atoms with Crippen molar-refractivity contribution in [3.8, 4) is 0 Å². The van der Waals surface area contributed by atoms with Crippen molar-refractivity contribution in [2.45, 2.75) is 44.2 Å². The van der Waals surface area contributed by atoms with Crippen LogP contribution in [0.25, 0.3) is 0 Å². The molecule has 6 heteroatoms. The normalized spacial score (nSPS) is 39.2. The van der Waals surface area contributed by atoms with Crippen molar-refractivity contribution in [1.82, 2.24) is 4.90 Å². The summed E-state index contributed by atoms with van der Waals surface area (Å²) in [7, 11) is 3.18. The molecule has 5 atom stereocenters. The fraction of sp³-hybridized carbons (Fsp3) is 0.684. The van der Waals surface area contributed by atoms with Crippen LogP contribution in [0.4, 0.5) is 0 Å². The van der Waals surface area contributed by atoms with Gasteiger partial charge in [-0.3, -0.25) is 4.90 Å². The third-order valence-corrected chi connectivity index (χ3v) is 5.59. The van der Waals surface area contributed by atoms with Gasteiger partial charge in [0.15, 0.2) is 0 Å². The summed E-state index contributed by atoms with van der Waals surface area (Å²) in [6.45, 7) is 5.97. The van der Waals surface area contributed by atoms with Crippen molar-refractivity contribution in [3.63, 3.8) is 0 Å². The summed E-state index contributed by atoms with van der Waals surface area (Å²) >= 11 is 0. The topological polar surface area (TPSA) is 60.4 Å². The summed E-state index contributed by atoms with van der Waals surface area (Å²) in [4.78, 5) is 2.30. The molecule has 0 bridgehead atoms. The molecular weight excluding hydrogens is 322 g/mol. The van der Waals surface area contributed by atoms with Crippen molar-refractivity contribution in [3.05, 3.63) is 35.9 Å². The van der Waals surface area contributed by atoms with Gasteiger partial charge in [-0.2, -0.15) is 0 Å². The highest BCUT2D eigenvalue weighted by Gasteiger charge is 2.59. The lowest BCUT2D eigenvalue weighted by Crippen LogP contribution is -2.70. The number of rotatable bonds is 5. The van der Waals surface area contributed by atoms with Crippen molar-refractivity contribution in [1.29, 1.82) is 0 Å². The molecule has 5 unspecified atom stereocenters. The van der Waals surface area contributed by atoms with E-state index in [2.05, 4.69) is 17.0 Å². The highest BCUT2D eigenvalue weighted by Crippen LogP contribution is 2.42. The van der Waals surface area contributed by atoms with Crippen LogP contribution in [0, 0.1) is 5.92 Å². The minimum Gasteiger partial charge on any atom is -0.396 e. The molecule has 140 valence electrons. The summed E-state index contributed by atoms with van der Waals surface area (Å²) in [5.41, 5.74) is 1.24. The number of ether oxygens (including phenoxy) is 4. The van der Waals surface area contributed by atoms with Crippen molar-refractivity contribution < 1.29 is 24.1 Å². The maximum atomic E-state index is 9.91. The Bertz CT molecular complexity index is 570. The number of nitrogens with zero attached hydrogens (tertiary/aromatic N) is 1. The molecule has 0 aromatic heterocycles. The minimum absolute atomic E-state index is 0.0410. The minimum atomic E-state index is -1.03. The zero-order valence-electron chi connectivity index (χ0n) is 15.5. The first-order chi connectivity index (χ1) is 11.9. The van der Waals surface area contributed by atoms with Crippen molar-refractivity contribution in [2.75, 3.05) is 33.9 Å². The zero-order valence-corrected chi connectivity index (χ0v) is 15.5. The quantitative estimate of drug-likeness (QED) is 0.870. The number of aliphatic hydroxyl groups excluding tert-OH is 1. The second-order valence-electron chi connectivity index (χ2n) is 7.16. The Morgan fingerprint density at radius 1 is 1.08 bits per heavy atom. The number of fused-ring (bicyclic) bond motifs is 1. The molecule has 1 aromatic carbocycles. The van der Waals surface area contributed by atoms with E-state index in [1.54, 1.807) is 14.2 Å². The van der Waals surface area contributed by atoms with E-state index >= 15 is 0 Å². The van der Waals surface area contributed by atoms with Crippen molar-refractivity contribution >= 4 is 0 Å². The van der Waals surface area contributed by atoms with Gasteiger partial charge >= 0.3 is 0 Å². The lowest BCUT2D eigenvalue weighted by molar-refractivity contribution is -0.457. The van der Waals surface area contributed by atoms with E-state index in [-0.39, 0.29) is 24.7 Å². The van der Waals surface area contributed by atoms with Gasteiger partial charge in [0.2, 0.25) is 11.6 Å². The Morgan fingerprint density at radius 2 is 1.72 bits per heavy atom. The van der Waals surface area contributed by atoms with Gasteiger partial charge in [0.1, 0.15) is 6.10 Å². The standard InChI is InChI=1S/C19H29NO5/c1-18(22-3)19(2,23-4)25-17-15(13-21)11-20(12-16(17)24-18)10-14-8-6-5-7-9-14/h5-9,15-17,21H,10-13H2,1-4H3. The van der Waals surface area contributed by atoms with E-state index in [0.29, 0.717) is 0 Å². The molecule has 2 saturated heterocycles. The molecular formula is C19H29NO5. The van der Waals surface area contributed by atoms with Crippen LogP contribution in [0.3, 0.4) is 0 Å². The molecule has 2 aliphatic heterocycles. The highest BCUT2D eigenvalue weighted by atomic mass is 16.8. The van der Waals surface area contributed by atoms with E-state index in [9.17, 15) is 5.11 Å². The number of methoxy groups -OCH3 is 2. The van der Waals surface area contributed by atoms with Crippen LogP contribution in [0.2, 0.25) is 0 Å². The summed E-state index contributed by atoms with van der Waals surface area (Å²) in [5.74, 6) is -2.09. The van der Waals surface area contributed by atoms with Gasteiger partial charge in [-0.1, -0.05) is 30.3 Å². The molecule has 0 saturated carbocycles. The Balaban J connectivity index is 1.79. The lowest BCUT2D eigenvalue weighted by Gasteiger charge is -2.56. The van der Waals surface area contributed by atoms with Crippen LogP contribution in [-0.4, -0.2) is 67.7 Å². The third-order valence-electron chi connectivity index (χ3n) is 5.59. The van der Waals surface area contributed by atoms with Gasteiger partial charge in [0.05, 0.1) is 6.10 Å². The second-order valence-corrected chi connectivity index (χ2v) is 7.16. The maximum Gasteiger partial charge on any atom is 0.220 e. The average molecular weight is 351 g/mol. The second kappa shape index (κ2) is 7.31. The molecule has 0 radical (unpaired) electrons. The molecule has 2 fully saturated rings. The Hall–Kier alpha value is -1.02. The number of hydrogen-bond acceptors (Lipinski definition) is 6. The van der Waals surface area contributed by atoms with E-state index in [1.165, 1.54) is 5.56 Å². The number of likely N-dealkylation sites (tertiary alicyclic amines) is 1. The van der Waals surface area contributed by atoms with Crippen LogP contribution < -0.4 is 0 Å². The average Bonchev–Trinajstić information content (AvgIpc) is 2.63. The first-order valence-corrected chi connectivity index (χ1v) is 8.77. The van der Waals surface area contributed by atoms with Crippen LogP contribution >= 0.6 is 0 Å². The monoisotopic (exact) mass is 351 g/mol. The number of hydrogen-bond donors (Lipinski definition) is 1. The molecule has 3 rings (SSSR count). The molecule has 0 amide bonds. The first kappa shape index (κ1) is 18.8. The van der Waals surface area contributed by atoms with Gasteiger partial charge in [-0.25, -0.2) is 0 Å². The summed E-state index contributed by atoms with van der Waals surface area (Å²) in [5, 5.41) is 9.91. The summed E-state index contributed by atoms with van der Waals surface area (Å²) < 4.78 is 23.8. The molecule has 1 N–H and O–H groups in total. The maximum absolute atomic E-state index is 9.91. The van der Waals surface area contributed by atoms with Gasteiger partial charge in [0.25, 0.3) is 0 Å². The molecule has 25 heavy (non-hydrogen) atoms. The zero-order chi connectivity index (χ0) is 18.1. The lowest BCUT2D eigenvalue weighted by atomic mass is 9.89. The van der Waals surface area contributed by atoms with Gasteiger partial charge in [-0.05, 0) is 19.4 Å². The van der Waals surface area contributed by atoms with E-state index in [1.807, 2.05) is 32.0 Å². The van der Waals surface area contributed by atoms with Gasteiger partial charge in [0, 0.05) is 46.4 Å². The highest BCUT2D eigenvalue weighted by molar-refractivity contribution is 5.15. The third kappa shape index (κ3) is 3.47. The molecule has 0 aliphatic carbocycles. The smallest absolute Gasteiger partial charge is 0.220 e. The van der Waals surface area contributed by atoms with Gasteiger partial charge < -0.3 is 24.1 Å². The van der Waals surface area contributed by atoms with Crippen molar-refractivity contribution in [2.24, 2.45) is 5.92 Å². The number of piperidine rings is 1. The molecule has 1 aromatic rings. The first-order valence-electron chi connectivity index (χ1n) is 8.77. The predicted molar refractivity (Wildman–Crippen MR) is 92.9 cm³/mol. The molecule has 0 spiro atoms. The van der Waals surface area contributed by atoms with Gasteiger partial charge in [-0.15, -0.1) is 0 Å². The predicted octanol–water partition coefficient (Wildman–Crippen LogP) is 1.62. The van der Waals surface area contributed by atoms with E-state index in [0.717, 1.165) is 19.6 Å². The van der Waals surface area contributed by atoms with E-state index in [4.69, 9.17) is 18.9 Å². The molecule has 2 heterocycles. The SMILES string of the molecule is COC1(C)OC2CN(Cc3ccccc3)CC(CO)C2OC1(C)OC. The molecule has 6 nitrogen and oxygen atoms in total. The fourth-order valence-electron chi connectivity index (χ4n) is 3.81. The van der Waals surface area contributed by atoms with Crippen LogP contribution in [0.1, 0.15) is 19.4 Å². The Kier molecular flexibility index (Phi) is 5.48. The summed E-state index contributed by atoms with van der Waals surface area (Å²) in [6, 6.07) is 10.3. The Labute approximate surface area is 149 Å². The Morgan fingerprint density at radius 3 is 2.32 bits per heavy atom. The fourth-order valence-corrected chi connectivity index (χ4v) is 3.81. The van der Waals surface area contributed by atoms with Crippen LogP contribution in [0.15, 0.2) is 30.3 Å². The number of benzene rings is 1. The summed E-state index contributed by atoms with van der Waals surface area (Å²) in [6.07, 6.45) is -0.423. The largest absolute Gasteiger partial charge is 0.396 e. The molecule has 2 aliphatic rings. The van der Waals surface area contributed by atoms with Crippen LogP contribution in [-0.2, 0) is 25.5 Å².